The molecule has 0 bridgehead atoms. The fourth-order valence-electron chi connectivity index (χ4n) is 9.30. The Balaban J connectivity index is 1.36. The molecule has 4 aliphatic rings. The van der Waals surface area contributed by atoms with Crippen molar-refractivity contribution >= 4 is 52.4 Å². The molecule has 2 heterocycles. The van der Waals surface area contributed by atoms with Crippen LogP contribution in [0.25, 0.3) is 0 Å². The first kappa shape index (κ1) is 34.4. The minimum atomic E-state index is -1.52. The number of nitrogens with zero attached hydrogens (tertiary/aromatic N) is 2. The zero-order valence-corrected chi connectivity index (χ0v) is 29.9. The maximum Gasteiger partial charge on any atom is 0.246 e. The van der Waals surface area contributed by atoms with Crippen molar-refractivity contribution in [2.24, 2.45) is 23.7 Å². The van der Waals surface area contributed by atoms with Crippen molar-refractivity contribution in [2.45, 2.75) is 31.1 Å². The third-order valence-corrected chi connectivity index (χ3v) is 11.8. The highest BCUT2D eigenvalue weighted by Crippen LogP contribution is 2.65. The highest BCUT2D eigenvalue weighted by atomic mass is 35.5. The average Bonchev–Trinajstić information content (AvgIpc) is 3.56. The summed E-state index contributed by atoms with van der Waals surface area (Å²) in [6.45, 7) is 1.44. The molecule has 6 atom stereocenters. The molecule has 0 unspecified atom stereocenters. The molecule has 2 aliphatic heterocycles. The summed E-state index contributed by atoms with van der Waals surface area (Å²) in [5.74, 6) is -5.79. The molecular weight excluding hydrogens is 696 g/mol. The van der Waals surface area contributed by atoms with E-state index in [4.69, 9.17) is 21.1 Å². The van der Waals surface area contributed by atoms with Gasteiger partial charge in [0.05, 0.1) is 48.8 Å². The maximum atomic E-state index is 15.4. The lowest BCUT2D eigenvalue weighted by atomic mass is 9.49. The number of ketones is 1. The Kier molecular flexibility index (Phi) is 8.25. The number of fused-ring (bicyclic) bond motifs is 4. The van der Waals surface area contributed by atoms with Crippen LogP contribution in [0, 0.1) is 23.7 Å². The van der Waals surface area contributed by atoms with Gasteiger partial charge in [-0.1, -0.05) is 59.6 Å². The summed E-state index contributed by atoms with van der Waals surface area (Å²) in [6, 6.07) is 25.4. The second kappa shape index (κ2) is 12.7. The molecular formula is C42H35ClN2O8. The van der Waals surface area contributed by atoms with Crippen molar-refractivity contribution in [3.05, 3.63) is 124 Å². The number of halogens is 1. The molecule has 11 heteroatoms. The number of hydrogen-bond donors (Lipinski definition) is 1. The third-order valence-electron chi connectivity index (χ3n) is 11.5. The Morgan fingerprint density at radius 2 is 1.47 bits per heavy atom. The number of aromatic hydroxyl groups is 1. The number of imide groups is 2. The molecule has 268 valence electrons. The van der Waals surface area contributed by atoms with E-state index in [0.29, 0.717) is 33.1 Å². The van der Waals surface area contributed by atoms with E-state index in [1.54, 1.807) is 60.7 Å². The number of phenolic OH excluding ortho intramolecular Hbond substituents is 1. The Hall–Kier alpha value is -5.74. The van der Waals surface area contributed by atoms with Gasteiger partial charge in [0.1, 0.15) is 0 Å². The van der Waals surface area contributed by atoms with Gasteiger partial charge in [0.15, 0.2) is 17.3 Å². The number of rotatable bonds is 7. The van der Waals surface area contributed by atoms with Crippen LogP contribution in [0.1, 0.15) is 47.2 Å². The Morgan fingerprint density at radius 1 is 0.792 bits per heavy atom. The zero-order valence-electron chi connectivity index (χ0n) is 29.1. The van der Waals surface area contributed by atoms with Gasteiger partial charge in [0, 0.05) is 16.5 Å². The molecule has 4 amide bonds. The SMILES string of the molecule is COc1cc([C@H]2C3=CC[C@@H]4C(=O)N(c5ccc(C(C)=O)cc5)C(=O)[C@@H]4[C@@H]3C[C@H]3C(=O)N(c4cccc(Cl)c4)C(=O)[C@@]23c2ccccc2)cc(OC)c1O. The van der Waals surface area contributed by atoms with Crippen LogP contribution in [0.5, 0.6) is 17.2 Å². The fraction of sp³-hybridized carbons (Fsp3) is 0.262. The quantitative estimate of drug-likeness (QED) is 0.127. The molecule has 0 spiro atoms. The van der Waals surface area contributed by atoms with E-state index in [1.165, 1.54) is 30.9 Å². The fourth-order valence-corrected chi connectivity index (χ4v) is 9.48. The van der Waals surface area contributed by atoms with Crippen molar-refractivity contribution in [1.29, 1.82) is 0 Å². The molecule has 10 nitrogen and oxygen atoms in total. The van der Waals surface area contributed by atoms with Crippen LogP contribution in [-0.4, -0.2) is 48.7 Å². The minimum absolute atomic E-state index is 0.103. The number of Topliss-reactive ketones (excluding diaryl/α,β-unsaturated/α-hetero) is 1. The van der Waals surface area contributed by atoms with Crippen LogP contribution >= 0.6 is 11.6 Å². The van der Waals surface area contributed by atoms with E-state index < -0.39 is 52.7 Å². The van der Waals surface area contributed by atoms with Gasteiger partial charge in [0.25, 0.3) is 0 Å². The molecule has 0 radical (unpaired) electrons. The van der Waals surface area contributed by atoms with Crippen molar-refractivity contribution in [2.75, 3.05) is 24.0 Å². The summed E-state index contributed by atoms with van der Waals surface area (Å²) in [4.78, 5) is 73.5. The lowest BCUT2D eigenvalue weighted by molar-refractivity contribution is -0.127. The first-order chi connectivity index (χ1) is 25.5. The topological polar surface area (TPSA) is 131 Å². The van der Waals surface area contributed by atoms with Crippen LogP contribution in [-0.2, 0) is 24.6 Å². The van der Waals surface area contributed by atoms with Crippen LogP contribution < -0.4 is 19.3 Å². The number of ether oxygens (including phenoxy) is 2. The maximum absolute atomic E-state index is 15.4. The first-order valence-corrected chi connectivity index (χ1v) is 17.7. The summed E-state index contributed by atoms with van der Waals surface area (Å²) in [5, 5.41) is 11.3. The number of hydrogen-bond acceptors (Lipinski definition) is 8. The molecule has 4 aromatic rings. The largest absolute Gasteiger partial charge is 0.502 e. The number of anilines is 2. The molecule has 2 saturated heterocycles. The molecule has 1 N–H and O–H groups in total. The smallest absolute Gasteiger partial charge is 0.246 e. The van der Waals surface area contributed by atoms with Crippen molar-refractivity contribution in [3.63, 3.8) is 0 Å². The second-order valence-electron chi connectivity index (χ2n) is 14.0. The lowest BCUT2D eigenvalue weighted by Gasteiger charge is -2.50. The average molecular weight is 731 g/mol. The molecule has 1 saturated carbocycles. The van der Waals surface area contributed by atoms with Crippen molar-refractivity contribution in [3.8, 4) is 17.2 Å². The second-order valence-corrected chi connectivity index (χ2v) is 14.4. The highest BCUT2D eigenvalue weighted by molar-refractivity contribution is 6.32. The summed E-state index contributed by atoms with van der Waals surface area (Å²) < 4.78 is 11.2. The van der Waals surface area contributed by atoms with Crippen LogP contribution in [0.2, 0.25) is 5.02 Å². The molecule has 0 aromatic heterocycles. The predicted octanol–water partition coefficient (Wildman–Crippen LogP) is 6.63. The standard InChI is InChI=1S/C42H35ClN2O8/c1-22(46)23-12-14-27(15-13-23)44-38(48)30-17-16-29-31(35(30)40(44)50)21-32-39(49)45(28-11-7-10-26(43)20-28)41(51)42(32,25-8-5-4-6-9-25)36(29)24-18-33(52-2)37(47)34(19-24)53-3/h4-16,18-20,30-32,35-36,47H,17,21H2,1-3H3/t30-,31+,32-,35-,36-,42+/m0/s1. The van der Waals surface area contributed by atoms with E-state index in [-0.39, 0.29) is 41.8 Å². The van der Waals surface area contributed by atoms with Crippen LogP contribution in [0.3, 0.4) is 0 Å². The molecule has 8 rings (SSSR count). The Labute approximate surface area is 310 Å². The van der Waals surface area contributed by atoms with Gasteiger partial charge in [-0.15, -0.1) is 0 Å². The number of allylic oxidation sites excluding steroid dienone is 2. The van der Waals surface area contributed by atoms with Gasteiger partial charge < -0.3 is 14.6 Å². The predicted molar refractivity (Wildman–Crippen MR) is 196 cm³/mol. The number of amides is 4. The summed E-state index contributed by atoms with van der Waals surface area (Å²) in [5.41, 5.74) is 1.49. The monoisotopic (exact) mass is 730 g/mol. The highest BCUT2D eigenvalue weighted by Gasteiger charge is 2.70. The van der Waals surface area contributed by atoms with Gasteiger partial charge in [-0.25, -0.2) is 4.90 Å². The number of methoxy groups -OCH3 is 2. The third kappa shape index (κ3) is 4.95. The molecule has 2 aliphatic carbocycles. The Bertz CT molecular complexity index is 2230. The minimum Gasteiger partial charge on any atom is -0.502 e. The van der Waals surface area contributed by atoms with Crippen LogP contribution in [0.4, 0.5) is 11.4 Å². The van der Waals surface area contributed by atoms with Gasteiger partial charge in [-0.2, -0.15) is 0 Å². The molecule has 4 aromatic carbocycles. The lowest BCUT2D eigenvalue weighted by Crippen LogP contribution is -2.53. The van der Waals surface area contributed by atoms with Crippen molar-refractivity contribution < 1.29 is 38.6 Å². The normalized spacial score (nSPS) is 26.2. The van der Waals surface area contributed by atoms with Gasteiger partial charge in [-0.3, -0.25) is 28.9 Å². The number of carbonyl (C=O) groups excluding carboxylic acids is 5. The van der Waals surface area contributed by atoms with Gasteiger partial charge in [0.2, 0.25) is 29.4 Å². The zero-order chi connectivity index (χ0) is 37.3. The van der Waals surface area contributed by atoms with E-state index in [9.17, 15) is 24.3 Å². The summed E-state index contributed by atoms with van der Waals surface area (Å²) >= 11 is 6.41. The van der Waals surface area contributed by atoms with E-state index in [2.05, 4.69) is 0 Å². The number of carbonyl (C=O) groups is 5. The van der Waals surface area contributed by atoms with Gasteiger partial charge >= 0.3 is 0 Å². The van der Waals surface area contributed by atoms with E-state index >= 15 is 4.79 Å². The summed E-state index contributed by atoms with van der Waals surface area (Å²) in [7, 11) is 2.82. The van der Waals surface area contributed by atoms with Gasteiger partial charge in [-0.05, 0) is 91.4 Å². The first-order valence-electron chi connectivity index (χ1n) is 17.4. The summed E-state index contributed by atoms with van der Waals surface area (Å²) in [6.07, 6.45) is 2.29. The van der Waals surface area contributed by atoms with Crippen molar-refractivity contribution in [1.82, 2.24) is 0 Å². The molecule has 3 fully saturated rings. The van der Waals surface area contributed by atoms with E-state index in [1.807, 2.05) is 36.4 Å². The number of phenols is 1. The molecule has 53 heavy (non-hydrogen) atoms. The van der Waals surface area contributed by atoms with Crippen LogP contribution in [0.15, 0.2) is 103 Å². The number of benzene rings is 4. The van der Waals surface area contributed by atoms with E-state index in [0.717, 1.165) is 5.57 Å². The Morgan fingerprint density at radius 3 is 2.09 bits per heavy atom.